The van der Waals surface area contributed by atoms with E-state index in [1.165, 1.54) is 0 Å². The molecule has 18 heavy (non-hydrogen) atoms. The molecule has 0 amide bonds. The van der Waals surface area contributed by atoms with Crippen LogP contribution in [0.4, 0.5) is 11.9 Å². The quantitative estimate of drug-likeness (QED) is 0.869. The van der Waals surface area contributed by atoms with Gasteiger partial charge in [-0.1, -0.05) is 13.8 Å². The highest BCUT2D eigenvalue weighted by atomic mass is 16.5. The Bertz CT molecular complexity index is 390. The Kier molecular flexibility index (Phi) is 4.30. The first kappa shape index (κ1) is 13.0. The molecule has 100 valence electrons. The number of nitrogens with zero attached hydrogens (tertiary/aromatic N) is 4. The molecule has 2 rings (SSSR count). The molecule has 6 nitrogen and oxygen atoms in total. The lowest BCUT2D eigenvalue weighted by molar-refractivity contribution is 0.122. The Morgan fingerprint density at radius 2 is 1.94 bits per heavy atom. The molecule has 0 aliphatic carbocycles. The van der Waals surface area contributed by atoms with E-state index < -0.39 is 0 Å². The number of nitrogens with one attached hydrogen (secondary N) is 1. The number of hydrogen-bond acceptors (Lipinski definition) is 6. The third-order valence-corrected chi connectivity index (χ3v) is 2.79. The van der Waals surface area contributed by atoms with E-state index in [0.29, 0.717) is 11.9 Å². The maximum Gasteiger partial charge on any atom is 0.230 e. The van der Waals surface area contributed by atoms with Crippen LogP contribution >= 0.6 is 0 Å². The molecule has 1 aromatic rings. The topological polar surface area (TPSA) is 63.2 Å². The number of ether oxygens (including phenoxy) is 1. The molecule has 0 unspecified atom stereocenters. The van der Waals surface area contributed by atoms with Crippen LogP contribution in [-0.4, -0.2) is 47.8 Å². The maximum absolute atomic E-state index is 5.35. The fraction of sp³-hybridized carbons (Fsp3) is 0.750. The molecule has 1 aromatic heterocycles. The lowest BCUT2D eigenvalue weighted by atomic mass is 10.2. The molecule has 0 aromatic carbocycles. The van der Waals surface area contributed by atoms with Gasteiger partial charge in [-0.25, -0.2) is 0 Å². The van der Waals surface area contributed by atoms with Gasteiger partial charge in [-0.2, -0.15) is 15.0 Å². The van der Waals surface area contributed by atoms with Crippen LogP contribution in [0.15, 0.2) is 0 Å². The van der Waals surface area contributed by atoms with Gasteiger partial charge in [-0.15, -0.1) is 0 Å². The van der Waals surface area contributed by atoms with Crippen LogP contribution in [-0.2, 0) is 4.74 Å². The zero-order valence-electron chi connectivity index (χ0n) is 11.3. The van der Waals surface area contributed by atoms with E-state index in [9.17, 15) is 0 Å². The van der Waals surface area contributed by atoms with Gasteiger partial charge in [0, 0.05) is 25.6 Å². The fourth-order valence-corrected chi connectivity index (χ4v) is 1.78. The van der Waals surface area contributed by atoms with E-state index in [2.05, 4.69) is 39.0 Å². The summed E-state index contributed by atoms with van der Waals surface area (Å²) in [6, 6.07) is 0. The van der Waals surface area contributed by atoms with Gasteiger partial charge in [0.2, 0.25) is 11.9 Å². The summed E-state index contributed by atoms with van der Waals surface area (Å²) in [6.07, 6.45) is 0. The van der Waals surface area contributed by atoms with Crippen molar-refractivity contribution in [3.8, 4) is 0 Å². The lowest BCUT2D eigenvalue weighted by Gasteiger charge is -2.27. The minimum absolute atomic E-state index is 0.296. The van der Waals surface area contributed by atoms with Crippen LogP contribution in [0.3, 0.4) is 0 Å². The van der Waals surface area contributed by atoms with Crippen molar-refractivity contribution in [2.75, 3.05) is 43.1 Å². The highest BCUT2D eigenvalue weighted by Gasteiger charge is 2.17. The SMILES string of the molecule is CCNc1nc(C(C)C)nc(N2CCOCC2)n1. The molecule has 1 aliphatic heterocycles. The minimum atomic E-state index is 0.296. The standard InChI is InChI=1S/C12H21N5O/c1-4-13-11-14-10(9(2)3)15-12(16-11)17-5-7-18-8-6-17/h9H,4-8H2,1-3H3,(H,13,14,15,16). The first-order valence-electron chi connectivity index (χ1n) is 6.53. The van der Waals surface area contributed by atoms with Crippen molar-refractivity contribution < 1.29 is 4.74 Å². The normalized spacial score (nSPS) is 16.1. The molecule has 0 bridgehead atoms. The van der Waals surface area contributed by atoms with E-state index in [1.54, 1.807) is 0 Å². The smallest absolute Gasteiger partial charge is 0.230 e. The zero-order valence-corrected chi connectivity index (χ0v) is 11.3. The molecule has 0 spiro atoms. The van der Waals surface area contributed by atoms with E-state index in [-0.39, 0.29) is 0 Å². The Morgan fingerprint density at radius 1 is 1.22 bits per heavy atom. The van der Waals surface area contributed by atoms with Crippen LogP contribution in [0, 0.1) is 0 Å². The number of anilines is 2. The van der Waals surface area contributed by atoms with E-state index in [0.717, 1.165) is 44.6 Å². The Labute approximate surface area is 108 Å². The van der Waals surface area contributed by atoms with E-state index in [4.69, 9.17) is 4.74 Å². The van der Waals surface area contributed by atoms with Gasteiger partial charge < -0.3 is 15.0 Å². The molecule has 0 radical (unpaired) electrons. The Hall–Kier alpha value is -1.43. The van der Waals surface area contributed by atoms with Crippen LogP contribution < -0.4 is 10.2 Å². The largest absolute Gasteiger partial charge is 0.378 e. The molecule has 6 heteroatoms. The number of rotatable bonds is 4. The van der Waals surface area contributed by atoms with Crippen LogP contribution in [0.25, 0.3) is 0 Å². The van der Waals surface area contributed by atoms with Crippen molar-refractivity contribution in [1.82, 2.24) is 15.0 Å². The molecule has 0 saturated carbocycles. The summed E-state index contributed by atoms with van der Waals surface area (Å²) in [7, 11) is 0. The number of aromatic nitrogens is 3. The number of morpholine rings is 1. The van der Waals surface area contributed by atoms with Gasteiger partial charge in [0.1, 0.15) is 5.82 Å². The van der Waals surface area contributed by atoms with Crippen molar-refractivity contribution in [1.29, 1.82) is 0 Å². The summed E-state index contributed by atoms with van der Waals surface area (Å²) in [5.41, 5.74) is 0. The summed E-state index contributed by atoms with van der Waals surface area (Å²) in [6.45, 7) is 10.2. The lowest BCUT2D eigenvalue weighted by Crippen LogP contribution is -2.37. The Balaban J connectivity index is 2.26. The monoisotopic (exact) mass is 251 g/mol. The minimum Gasteiger partial charge on any atom is -0.378 e. The van der Waals surface area contributed by atoms with Crippen molar-refractivity contribution in [3.63, 3.8) is 0 Å². The van der Waals surface area contributed by atoms with Crippen LogP contribution in [0.2, 0.25) is 0 Å². The fourth-order valence-electron chi connectivity index (χ4n) is 1.78. The second-order valence-corrected chi connectivity index (χ2v) is 4.60. The third-order valence-electron chi connectivity index (χ3n) is 2.79. The van der Waals surface area contributed by atoms with Crippen molar-refractivity contribution >= 4 is 11.9 Å². The summed E-state index contributed by atoms with van der Waals surface area (Å²) in [5.74, 6) is 2.55. The molecular formula is C12H21N5O. The van der Waals surface area contributed by atoms with Crippen molar-refractivity contribution in [2.45, 2.75) is 26.7 Å². The molecule has 0 atom stereocenters. The van der Waals surface area contributed by atoms with E-state index in [1.807, 2.05) is 6.92 Å². The zero-order chi connectivity index (χ0) is 13.0. The second kappa shape index (κ2) is 5.95. The van der Waals surface area contributed by atoms with Crippen molar-refractivity contribution in [3.05, 3.63) is 5.82 Å². The van der Waals surface area contributed by atoms with Gasteiger partial charge in [-0.05, 0) is 6.92 Å². The van der Waals surface area contributed by atoms with Gasteiger partial charge in [-0.3, -0.25) is 0 Å². The average Bonchev–Trinajstić information content (AvgIpc) is 2.40. The molecule has 1 fully saturated rings. The highest BCUT2D eigenvalue weighted by molar-refractivity contribution is 5.37. The highest BCUT2D eigenvalue weighted by Crippen LogP contribution is 2.17. The average molecular weight is 251 g/mol. The first-order valence-corrected chi connectivity index (χ1v) is 6.53. The van der Waals surface area contributed by atoms with Crippen LogP contribution in [0.1, 0.15) is 32.5 Å². The summed E-state index contributed by atoms with van der Waals surface area (Å²) in [4.78, 5) is 15.6. The Morgan fingerprint density at radius 3 is 2.56 bits per heavy atom. The van der Waals surface area contributed by atoms with Gasteiger partial charge >= 0.3 is 0 Å². The predicted molar refractivity (Wildman–Crippen MR) is 71.1 cm³/mol. The van der Waals surface area contributed by atoms with Gasteiger partial charge in [0.15, 0.2) is 0 Å². The molecule has 2 heterocycles. The molecule has 1 N–H and O–H groups in total. The molecule has 1 aliphatic rings. The third kappa shape index (κ3) is 3.07. The predicted octanol–water partition coefficient (Wildman–Crippen LogP) is 1.26. The molecule has 1 saturated heterocycles. The van der Waals surface area contributed by atoms with Crippen molar-refractivity contribution in [2.24, 2.45) is 0 Å². The van der Waals surface area contributed by atoms with Crippen LogP contribution in [0.5, 0.6) is 0 Å². The van der Waals surface area contributed by atoms with Gasteiger partial charge in [0.05, 0.1) is 13.2 Å². The van der Waals surface area contributed by atoms with E-state index >= 15 is 0 Å². The maximum atomic E-state index is 5.35. The second-order valence-electron chi connectivity index (χ2n) is 4.60. The summed E-state index contributed by atoms with van der Waals surface area (Å²) < 4.78 is 5.35. The first-order chi connectivity index (χ1) is 8.70. The molecular weight excluding hydrogens is 230 g/mol. The summed E-state index contributed by atoms with van der Waals surface area (Å²) in [5, 5.41) is 3.16. The summed E-state index contributed by atoms with van der Waals surface area (Å²) >= 11 is 0. The van der Waals surface area contributed by atoms with Gasteiger partial charge in [0.25, 0.3) is 0 Å². The number of hydrogen-bond donors (Lipinski definition) is 1.